The van der Waals surface area contributed by atoms with Crippen molar-refractivity contribution in [2.45, 2.75) is 26.3 Å². The van der Waals surface area contributed by atoms with E-state index in [9.17, 15) is 9.59 Å². The number of likely N-dealkylation sites (N-methyl/N-ethyl adjacent to an activating group) is 1. The highest BCUT2D eigenvalue weighted by atomic mass is 16.4. The largest absolute Gasteiger partial charge is 0.480 e. The summed E-state index contributed by atoms with van der Waals surface area (Å²) in [5.41, 5.74) is 1.16. The minimum atomic E-state index is -1.04. The highest BCUT2D eigenvalue weighted by Gasteiger charge is 2.26. The fourth-order valence-electron chi connectivity index (χ4n) is 2.27. The van der Waals surface area contributed by atoms with E-state index in [2.05, 4.69) is 10.3 Å². The Morgan fingerprint density at radius 3 is 2.48 bits per heavy atom. The quantitative estimate of drug-likeness (QED) is 0.740. The second kappa shape index (κ2) is 8.36. The normalized spacial score (nSPS) is 12.4. The molecule has 2 N–H and O–H groups in total. The first-order chi connectivity index (χ1) is 9.91. The van der Waals surface area contributed by atoms with Gasteiger partial charge in [0.15, 0.2) is 0 Å². The number of aromatic nitrogens is 1. The van der Waals surface area contributed by atoms with Crippen molar-refractivity contribution in [3.05, 3.63) is 30.1 Å². The molecule has 6 heteroatoms. The fraction of sp³-hybridized carbons (Fsp3) is 0.533. The Balaban J connectivity index is 2.58. The van der Waals surface area contributed by atoms with Gasteiger partial charge in [0.25, 0.3) is 0 Å². The standard InChI is InChI=1S/C15H23N3O3/c1-11(2)14(15(21)17-10-13(19)20)18(3)9-6-12-4-7-16-8-5-12/h4-5,7-8,11,14H,6,9-10H2,1-3H3,(H,17,21)(H,19,20). The van der Waals surface area contributed by atoms with Crippen LogP contribution in [-0.2, 0) is 16.0 Å². The zero-order valence-corrected chi connectivity index (χ0v) is 12.7. The van der Waals surface area contributed by atoms with Gasteiger partial charge in [0.2, 0.25) is 5.91 Å². The average Bonchev–Trinajstić information content (AvgIpc) is 2.44. The lowest BCUT2D eigenvalue weighted by Crippen LogP contribution is -2.49. The molecule has 0 bridgehead atoms. The average molecular weight is 293 g/mol. The third kappa shape index (κ3) is 5.91. The van der Waals surface area contributed by atoms with Gasteiger partial charge in [-0.15, -0.1) is 0 Å². The van der Waals surface area contributed by atoms with Crippen LogP contribution in [0, 0.1) is 5.92 Å². The molecular weight excluding hydrogens is 270 g/mol. The summed E-state index contributed by atoms with van der Waals surface area (Å²) in [5, 5.41) is 11.1. The smallest absolute Gasteiger partial charge is 0.322 e. The summed E-state index contributed by atoms with van der Waals surface area (Å²) < 4.78 is 0. The molecule has 0 saturated carbocycles. The number of aliphatic carboxylic acids is 1. The molecule has 1 rings (SSSR count). The summed E-state index contributed by atoms with van der Waals surface area (Å²) in [6, 6.07) is 3.55. The van der Waals surface area contributed by atoms with Crippen molar-refractivity contribution in [1.82, 2.24) is 15.2 Å². The third-order valence-corrected chi connectivity index (χ3v) is 3.29. The Morgan fingerprint density at radius 1 is 1.33 bits per heavy atom. The predicted molar refractivity (Wildman–Crippen MR) is 79.8 cm³/mol. The lowest BCUT2D eigenvalue weighted by atomic mass is 10.0. The van der Waals surface area contributed by atoms with Gasteiger partial charge >= 0.3 is 5.97 Å². The van der Waals surface area contributed by atoms with Crippen molar-refractivity contribution in [2.75, 3.05) is 20.1 Å². The van der Waals surface area contributed by atoms with E-state index in [1.54, 1.807) is 12.4 Å². The van der Waals surface area contributed by atoms with Gasteiger partial charge in [0, 0.05) is 18.9 Å². The number of carboxylic acids is 1. The molecule has 0 aliphatic carbocycles. The second-order valence-corrected chi connectivity index (χ2v) is 5.39. The molecule has 1 atom stereocenters. The number of amides is 1. The molecule has 0 saturated heterocycles. The first-order valence-electron chi connectivity index (χ1n) is 7.00. The second-order valence-electron chi connectivity index (χ2n) is 5.39. The topological polar surface area (TPSA) is 82.5 Å². The lowest BCUT2D eigenvalue weighted by Gasteiger charge is -2.30. The first-order valence-corrected chi connectivity index (χ1v) is 7.00. The summed E-state index contributed by atoms with van der Waals surface area (Å²) in [4.78, 5) is 28.6. The van der Waals surface area contributed by atoms with Gasteiger partial charge < -0.3 is 10.4 Å². The van der Waals surface area contributed by atoms with E-state index >= 15 is 0 Å². The Bertz CT molecular complexity index is 462. The minimum Gasteiger partial charge on any atom is -0.480 e. The van der Waals surface area contributed by atoms with Crippen LogP contribution >= 0.6 is 0 Å². The molecule has 1 amide bonds. The number of hydrogen-bond acceptors (Lipinski definition) is 4. The highest BCUT2D eigenvalue weighted by molar-refractivity contribution is 5.85. The molecule has 0 fully saturated rings. The van der Waals surface area contributed by atoms with E-state index in [0.29, 0.717) is 6.54 Å². The number of carboxylic acid groups (broad SMARTS) is 1. The summed E-state index contributed by atoms with van der Waals surface area (Å²) in [6.07, 6.45) is 4.30. The maximum atomic E-state index is 12.1. The molecule has 0 aromatic carbocycles. The zero-order chi connectivity index (χ0) is 15.8. The molecule has 1 heterocycles. The summed E-state index contributed by atoms with van der Waals surface area (Å²) in [6.45, 7) is 4.27. The number of carbonyl (C=O) groups is 2. The van der Waals surface area contributed by atoms with Crippen molar-refractivity contribution < 1.29 is 14.7 Å². The number of carbonyl (C=O) groups excluding carboxylic acids is 1. The maximum Gasteiger partial charge on any atom is 0.322 e. The van der Waals surface area contributed by atoms with Crippen LogP contribution in [0.25, 0.3) is 0 Å². The summed E-state index contributed by atoms with van der Waals surface area (Å²) >= 11 is 0. The Morgan fingerprint density at radius 2 is 1.95 bits per heavy atom. The number of hydrogen-bond donors (Lipinski definition) is 2. The van der Waals surface area contributed by atoms with Crippen LogP contribution in [-0.4, -0.2) is 53.0 Å². The molecule has 0 spiro atoms. The Hall–Kier alpha value is -1.95. The first kappa shape index (κ1) is 17.1. The third-order valence-electron chi connectivity index (χ3n) is 3.29. The van der Waals surface area contributed by atoms with Gasteiger partial charge in [-0.25, -0.2) is 0 Å². The molecule has 21 heavy (non-hydrogen) atoms. The predicted octanol–water partition coefficient (Wildman–Crippen LogP) is 0.781. The molecular formula is C15H23N3O3. The molecule has 1 unspecified atom stereocenters. The van der Waals surface area contributed by atoms with Gasteiger partial charge in [-0.1, -0.05) is 13.8 Å². The molecule has 1 aromatic heterocycles. The molecule has 0 radical (unpaired) electrons. The van der Waals surface area contributed by atoms with E-state index < -0.39 is 5.97 Å². The number of rotatable bonds is 8. The van der Waals surface area contributed by atoms with Crippen molar-refractivity contribution in [1.29, 1.82) is 0 Å². The van der Waals surface area contributed by atoms with Crippen LogP contribution < -0.4 is 5.32 Å². The SMILES string of the molecule is CC(C)C(C(=O)NCC(=O)O)N(C)CCc1ccncc1. The van der Waals surface area contributed by atoms with E-state index in [1.807, 2.05) is 37.9 Å². The van der Waals surface area contributed by atoms with Crippen LogP contribution in [0.2, 0.25) is 0 Å². The summed E-state index contributed by atoms with van der Waals surface area (Å²) in [7, 11) is 1.88. The maximum absolute atomic E-state index is 12.1. The fourth-order valence-corrected chi connectivity index (χ4v) is 2.27. The van der Waals surface area contributed by atoms with E-state index in [0.717, 1.165) is 12.0 Å². The molecule has 0 aliphatic heterocycles. The van der Waals surface area contributed by atoms with Gasteiger partial charge in [-0.05, 0) is 37.1 Å². The van der Waals surface area contributed by atoms with Crippen LogP contribution in [0.5, 0.6) is 0 Å². The number of nitrogens with zero attached hydrogens (tertiary/aromatic N) is 2. The van der Waals surface area contributed by atoms with Crippen LogP contribution in [0.15, 0.2) is 24.5 Å². The molecule has 6 nitrogen and oxygen atoms in total. The van der Waals surface area contributed by atoms with E-state index in [-0.39, 0.29) is 24.4 Å². The minimum absolute atomic E-state index is 0.0984. The van der Waals surface area contributed by atoms with Gasteiger partial charge in [-0.3, -0.25) is 19.5 Å². The zero-order valence-electron chi connectivity index (χ0n) is 12.7. The lowest BCUT2D eigenvalue weighted by molar-refractivity contribution is -0.139. The van der Waals surface area contributed by atoms with Crippen molar-refractivity contribution in [2.24, 2.45) is 5.92 Å². The van der Waals surface area contributed by atoms with Gasteiger partial charge in [0.1, 0.15) is 6.54 Å². The molecule has 0 aliphatic rings. The van der Waals surface area contributed by atoms with Crippen molar-refractivity contribution in [3.63, 3.8) is 0 Å². The molecule has 1 aromatic rings. The molecule has 116 valence electrons. The van der Waals surface area contributed by atoms with Gasteiger partial charge in [-0.2, -0.15) is 0 Å². The number of pyridine rings is 1. The van der Waals surface area contributed by atoms with Crippen molar-refractivity contribution >= 4 is 11.9 Å². The van der Waals surface area contributed by atoms with E-state index in [1.165, 1.54) is 0 Å². The van der Waals surface area contributed by atoms with Gasteiger partial charge in [0.05, 0.1) is 6.04 Å². The van der Waals surface area contributed by atoms with Crippen LogP contribution in [0.1, 0.15) is 19.4 Å². The monoisotopic (exact) mass is 293 g/mol. The van der Waals surface area contributed by atoms with Crippen LogP contribution in [0.4, 0.5) is 0 Å². The summed E-state index contributed by atoms with van der Waals surface area (Å²) in [5.74, 6) is -1.18. The van der Waals surface area contributed by atoms with Crippen molar-refractivity contribution in [3.8, 4) is 0 Å². The number of nitrogens with one attached hydrogen (secondary N) is 1. The highest BCUT2D eigenvalue weighted by Crippen LogP contribution is 2.10. The Labute approximate surface area is 125 Å². The Kier molecular flexibility index (Phi) is 6.81. The van der Waals surface area contributed by atoms with Crippen LogP contribution in [0.3, 0.4) is 0 Å². The van der Waals surface area contributed by atoms with E-state index in [4.69, 9.17) is 5.11 Å².